The first-order valence-electron chi connectivity index (χ1n) is 6.13. The van der Waals surface area contributed by atoms with E-state index in [0.29, 0.717) is 13.2 Å². The van der Waals surface area contributed by atoms with E-state index < -0.39 is 11.9 Å². The van der Waals surface area contributed by atoms with Gasteiger partial charge in [0.1, 0.15) is 0 Å². The summed E-state index contributed by atoms with van der Waals surface area (Å²) in [6, 6.07) is 0. The molecule has 1 atom stereocenters. The van der Waals surface area contributed by atoms with Gasteiger partial charge in [-0.15, -0.1) is 0 Å². The van der Waals surface area contributed by atoms with Crippen LogP contribution in [0.25, 0.3) is 0 Å². The van der Waals surface area contributed by atoms with E-state index in [1.165, 1.54) is 0 Å². The van der Waals surface area contributed by atoms with Gasteiger partial charge in [0, 0.05) is 20.1 Å². The van der Waals surface area contributed by atoms with Crippen LogP contribution in [0.15, 0.2) is 0 Å². The van der Waals surface area contributed by atoms with Crippen molar-refractivity contribution in [1.29, 1.82) is 0 Å². The Morgan fingerprint density at radius 2 is 2.06 bits per heavy atom. The third-order valence-electron chi connectivity index (χ3n) is 3.32. The molecule has 98 valence electrons. The number of hydrogen-bond donors (Lipinski definition) is 2. The molecule has 0 aliphatic heterocycles. The van der Waals surface area contributed by atoms with E-state index in [9.17, 15) is 9.59 Å². The van der Waals surface area contributed by atoms with Crippen LogP contribution in [0.5, 0.6) is 0 Å². The molecule has 5 nitrogen and oxygen atoms in total. The maximum atomic E-state index is 11.6. The number of rotatable bonds is 7. The van der Waals surface area contributed by atoms with E-state index in [1.54, 1.807) is 7.11 Å². The number of hydrogen-bond acceptors (Lipinski definition) is 3. The molecular formula is C12H21NO4. The van der Waals surface area contributed by atoms with Crippen LogP contribution < -0.4 is 5.32 Å². The lowest BCUT2D eigenvalue weighted by molar-refractivity contribution is -0.146. The smallest absolute Gasteiger partial charge is 0.307 e. The predicted octanol–water partition coefficient (Wildman–Crippen LogP) is 1.03. The fraction of sp³-hybridized carbons (Fsp3) is 0.833. The number of methoxy groups -OCH3 is 1. The summed E-state index contributed by atoms with van der Waals surface area (Å²) in [7, 11) is 1.56. The highest BCUT2D eigenvalue weighted by Gasteiger charge is 2.32. The summed E-state index contributed by atoms with van der Waals surface area (Å²) in [5.41, 5.74) is 0. The first kappa shape index (κ1) is 14.0. The highest BCUT2D eigenvalue weighted by atomic mass is 16.5. The van der Waals surface area contributed by atoms with Crippen molar-refractivity contribution >= 4 is 11.9 Å². The number of nitrogens with one attached hydrogen (secondary N) is 1. The molecule has 0 bridgehead atoms. The third-order valence-corrected chi connectivity index (χ3v) is 3.32. The van der Waals surface area contributed by atoms with Crippen LogP contribution >= 0.6 is 0 Å². The molecule has 0 heterocycles. The van der Waals surface area contributed by atoms with Crippen molar-refractivity contribution in [2.45, 2.75) is 32.1 Å². The molecule has 5 heteroatoms. The van der Waals surface area contributed by atoms with Gasteiger partial charge in [0.25, 0.3) is 0 Å². The van der Waals surface area contributed by atoms with Gasteiger partial charge in [-0.3, -0.25) is 9.59 Å². The van der Waals surface area contributed by atoms with Crippen LogP contribution in [-0.2, 0) is 14.3 Å². The van der Waals surface area contributed by atoms with Gasteiger partial charge >= 0.3 is 5.97 Å². The van der Waals surface area contributed by atoms with Gasteiger partial charge in [0.2, 0.25) is 5.91 Å². The predicted molar refractivity (Wildman–Crippen MR) is 62.6 cm³/mol. The van der Waals surface area contributed by atoms with Crippen LogP contribution in [0.1, 0.15) is 32.1 Å². The first-order valence-corrected chi connectivity index (χ1v) is 6.13. The highest BCUT2D eigenvalue weighted by molar-refractivity contribution is 5.82. The summed E-state index contributed by atoms with van der Waals surface area (Å²) in [5, 5.41) is 11.8. The number of carboxylic acids is 1. The summed E-state index contributed by atoms with van der Waals surface area (Å²) >= 11 is 0. The first-order chi connectivity index (χ1) is 8.15. The van der Waals surface area contributed by atoms with Crippen LogP contribution in [0.3, 0.4) is 0 Å². The van der Waals surface area contributed by atoms with Crippen molar-refractivity contribution in [3.8, 4) is 0 Å². The minimum Gasteiger partial charge on any atom is -0.481 e. The monoisotopic (exact) mass is 243 g/mol. The normalized spacial score (nSPS) is 17.9. The molecule has 17 heavy (non-hydrogen) atoms. The second-order valence-electron chi connectivity index (χ2n) is 4.54. The summed E-state index contributed by atoms with van der Waals surface area (Å²) in [6.45, 7) is 0.888. The zero-order chi connectivity index (χ0) is 12.7. The van der Waals surface area contributed by atoms with Crippen LogP contribution in [0.4, 0.5) is 0 Å². The Balaban J connectivity index is 2.37. The van der Waals surface area contributed by atoms with Gasteiger partial charge in [-0.25, -0.2) is 0 Å². The zero-order valence-corrected chi connectivity index (χ0v) is 10.3. The van der Waals surface area contributed by atoms with Gasteiger partial charge in [-0.1, -0.05) is 12.8 Å². The Morgan fingerprint density at radius 1 is 1.41 bits per heavy atom. The molecule has 1 fully saturated rings. The number of ether oxygens (including phenoxy) is 1. The number of carbonyl (C=O) groups excluding carboxylic acids is 1. The van der Waals surface area contributed by atoms with Gasteiger partial charge in [0.15, 0.2) is 0 Å². The topological polar surface area (TPSA) is 75.6 Å². The molecule has 2 N–H and O–H groups in total. The molecule has 1 aliphatic carbocycles. The summed E-state index contributed by atoms with van der Waals surface area (Å²) in [5.74, 6) is -1.40. The van der Waals surface area contributed by atoms with E-state index in [-0.39, 0.29) is 18.2 Å². The Kier molecular flexibility index (Phi) is 5.97. The summed E-state index contributed by atoms with van der Waals surface area (Å²) in [6.07, 6.45) is 4.12. The quantitative estimate of drug-likeness (QED) is 0.655. The molecule has 1 rings (SSSR count). The molecule has 1 unspecified atom stereocenters. The van der Waals surface area contributed by atoms with Crippen LogP contribution in [-0.4, -0.2) is 37.2 Å². The standard InChI is InChI=1S/C12H21NO4/c1-17-7-6-13-11(14)8-10(12(15)16)9-4-2-3-5-9/h9-10H,2-8H2,1H3,(H,13,14)(H,15,16). The summed E-state index contributed by atoms with van der Waals surface area (Å²) < 4.78 is 4.81. The Bertz CT molecular complexity index is 261. The van der Waals surface area contributed by atoms with Crippen molar-refractivity contribution in [1.82, 2.24) is 5.32 Å². The second-order valence-corrected chi connectivity index (χ2v) is 4.54. The van der Waals surface area contributed by atoms with Crippen molar-refractivity contribution in [3.05, 3.63) is 0 Å². The van der Waals surface area contributed by atoms with E-state index in [1.807, 2.05) is 0 Å². The average molecular weight is 243 g/mol. The number of aliphatic carboxylic acids is 1. The van der Waals surface area contributed by atoms with E-state index in [2.05, 4.69) is 5.32 Å². The van der Waals surface area contributed by atoms with Crippen molar-refractivity contribution < 1.29 is 19.4 Å². The van der Waals surface area contributed by atoms with Gasteiger partial charge in [-0.05, 0) is 18.8 Å². The van der Waals surface area contributed by atoms with Gasteiger partial charge in [0.05, 0.1) is 12.5 Å². The van der Waals surface area contributed by atoms with E-state index >= 15 is 0 Å². The minimum atomic E-state index is -0.848. The fourth-order valence-corrected chi connectivity index (χ4v) is 2.38. The van der Waals surface area contributed by atoms with Crippen LogP contribution in [0.2, 0.25) is 0 Å². The molecule has 0 aromatic heterocycles. The Labute approximate surface area is 102 Å². The minimum absolute atomic E-state index is 0.0870. The lowest BCUT2D eigenvalue weighted by atomic mass is 9.88. The van der Waals surface area contributed by atoms with Gasteiger partial charge < -0.3 is 15.2 Å². The molecule has 0 aromatic carbocycles. The molecule has 1 amide bonds. The van der Waals surface area contributed by atoms with E-state index in [4.69, 9.17) is 9.84 Å². The maximum absolute atomic E-state index is 11.6. The Hall–Kier alpha value is -1.10. The molecular weight excluding hydrogens is 222 g/mol. The van der Waals surface area contributed by atoms with Gasteiger partial charge in [-0.2, -0.15) is 0 Å². The average Bonchev–Trinajstić information content (AvgIpc) is 2.79. The molecule has 0 radical (unpaired) electrons. The van der Waals surface area contributed by atoms with Crippen LogP contribution in [0, 0.1) is 11.8 Å². The highest BCUT2D eigenvalue weighted by Crippen LogP contribution is 2.33. The van der Waals surface area contributed by atoms with Crippen molar-refractivity contribution in [2.75, 3.05) is 20.3 Å². The molecule has 0 spiro atoms. The number of carbonyl (C=O) groups is 2. The molecule has 0 aromatic rings. The lowest BCUT2D eigenvalue weighted by Gasteiger charge is -2.18. The van der Waals surface area contributed by atoms with Crippen molar-refractivity contribution in [2.24, 2.45) is 11.8 Å². The molecule has 1 aliphatic rings. The number of amides is 1. The Morgan fingerprint density at radius 3 is 2.59 bits per heavy atom. The summed E-state index contributed by atoms with van der Waals surface area (Å²) in [4.78, 5) is 22.7. The maximum Gasteiger partial charge on any atom is 0.307 e. The largest absolute Gasteiger partial charge is 0.481 e. The fourth-order valence-electron chi connectivity index (χ4n) is 2.38. The molecule has 0 saturated heterocycles. The lowest BCUT2D eigenvalue weighted by Crippen LogP contribution is -2.33. The second kappa shape index (κ2) is 7.27. The number of carboxylic acid groups (broad SMARTS) is 1. The van der Waals surface area contributed by atoms with Crippen molar-refractivity contribution in [3.63, 3.8) is 0 Å². The third kappa shape index (κ3) is 4.73. The van der Waals surface area contributed by atoms with E-state index in [0.717, 1.165) is 25.7 Å². The molecule has 1 saturated carbocycles. The SMILES string of the molecule is COCCNC(=O)CC(C(=O)O)C1CCCC1. The zero-order valence-electron chi connectivity index (χ0n) is 10.3.